The minimum Gasteiger partial charge on any atom is -0.461 e. The van der Waals surface area contributed by atoms with Gasteiger partial charge in [-0.25, -0.2) is 9.78 Å². The molecule has 0 aliphatic heterocycles. The number of hydrogen-bond acceptors (Lipinski definition) is 4. The highest BCUT2D eigenvalue weighted by atomic mass is 79.9. The van der Waals surface area contributed by atoms with Crippen LogP contribution in [0.5, 0.6) is 0 Å². The molecule has 2 aromatic rings. The van der Waals surface area contributed by atoms with Gasteiger partial charge in [-0.2, -0.15) is 0 Å². The standard InChI is InChI=1S/C14H16BrN3O2/c1-4-20-14(19)12-13(16)18(9(3)17-12)11-7-10(15)6-5-8(11)2/h5-7H,4,16H2,1-3H3. The van der Waals surface area contributed by atoms with Crippen LogP contribution in [0, 0.1) is 13.8 Å². The normalized spacial score (nSPS) is 10.6. The molecular weight excluding hydrogens is 322 g/mol. The Hall–Kier alpha value is -1.82. The molecule has 5 nitrogen and oxygen atoms in total. The van der Waals surface area contributed by atoms with Gasteiger partial charge >= 0.3 is 5.97 Å². The van der Waals surface area contributed by atoms with E-state index in [0.29, 0.717) is 18.2 Å². The van der Waals surface area contributed by atoms with Gasteiger partial charge in [-0.1, -0.05) is 22.0 Å². The first-order valence-corrected chi connectivity index (χ1v) is 7.03. The molecule has 106 valence electrons. The molecule has 20 heavy (non-hydrogen) atoms. The van der Waals surface area contributed by atoms with E-state index < -0.39 is 5.97 Å². The number of nitrogens with zero attached hydrogens (tertiary/aromatic N) is 2. The summed E-state index contributed by atoms with van der Waals surface area (Å²) in [5, 5.41) is 0. The maximum Gasteiger partial charge on any atom is 0.360 e. The molecule has 6 heteroatoms. The highest BCUT2D eigenvalue weighted by Crippen LogP contribution is 2.26. The van der Waals surface area contributed by atoms with Crippen molar-refractivity contribution in [1.82, 2.24) is 9.55 Å². The smallest absolute Gasteiger partial charge is 0.360 e. The molecule has 0 atom stereocenters. The summed E-state index contributed by atoms with van der Waals surface area (Å²) in [6.07, 6.45) is 0. The molecule has 0 bridgehead atoms. The van der Waals surface area contributed by atoms with Crippen LogP contribution in [0.1, 0.15) is 28.8 Å². The quantitative estimate of drug-likeness (QED) is 0.874. The van der Waals surface area contributed by atoms with Crippen molar-refractivity contribution < 1.29 is 9.53 Å². The second kappa shape index (κ2) is 5.66. The summed E-state index contributed by atoms with van der Waals surface area (Å²) in [6.45, 7) is 5.82. The molecule has 0 saturated heterocycles. The van der Waals surface area contributed by atoms with Crippen LogP contribution in [0.15, 0.2) is 22.7 Å². The van der Waals surface area contributed by atoms with Crippen LogP contribution >= 0.6 is 15.9 Å². The first-order valence-electron chi connectivity index (χ1n) is 6.24. The lowest BCUT2D eigenvalue weighted by Gasteiger charge is -2.11. The lowest BCUT2D eigenvalue weighted by Crippen LogP contribution is -2.10. The Balaban J connectivity index is 2.58. The summed E-state index contributed by atoms with van der Waals surface area (Å²) in [5.74, 6) is 0.438. The van der Waals surface area contributed by atoms with Gasteiger partial charge in [-0.05, 0) is 38.5 Å². The van der Waals surface area contributed by atoms with Gasteiger partial charge in [0.1, 0.15) is 11.6 Å². The van der Waals surface area contributed by atoms with E-state index in [2.05, 4.69) is 20.9 Å². The van der Waals surface area contributed by atoms with Crippen molar-refractivity contribution in [2.45, 2.75) is 20.8 Å². The highest BCUT2D eigenvalue weighted by Gasteiger charge is 2.21. The fraction of sp³-hybridized carbons (Fsp3) is 0.286. The van der Waals surface area contributed by atoms with Crippen LogP contribution in [0.2, 0.25) is 0 Å². The number of carbonyl (C=O) groups is 1. The predicted octanol–water partition coefficient (Wildman–Crippen LogP) is 3.01. The molecule has 1 heterocycles. The van der Waals surface area contributed by atoms with Crippen molar-refractivity contribution in [3.05, 3.63) is 39.8 Å². The van der Waals surface area contributed by atoms with Crippen molar-refractivity contribution in [3.8, 4) is 5.69 Å². The second-order valence-corrected chi connectivity index (χ2v) is 5.30. The van der Waals surface area contributed by atoms with Crippen molar-refractivity contribution in [3.63, 3.8) is 0 Å². The highest BCUT2D eigenvalue weighted by molar-refractivity contribution is 9.10. The van der Waals surface area contributed by atoms with E-state index in [1.807, 2.05) is 25.1 Å². The summed E-state index contributed by atoms with van der Waals surface area (Å²) in [5.41, 5.74) is 8.15. The molecule has 2 N–H and O–H groups in total. The molecular formula is C14H16BrN3O2. The fourth-order valence-electron chi connectivity index (χ4n) is 2.03. The third-order valence-corrected chi connectivity index (χ3v) is 3.45. The Bertz CT molecular complexity index is 665. The van der Waals surface area contributed by atoms with E-state index in [9.17, 15) is 4.79 Å². The number of ether oxygens (including phenoxy) is 1. The monoisotopic (exact) mass is 337 g/mol. The molecule has 0 fully saturated rings. The SMILES string of the molecule is CCOC(=O)c1nc(C)n(-c2cc(Br)ccc2C)c1N. The van der Waals surface area contributed by atoms with Crippen molar-refractivity contribution in [1.29, 1.82) is 0 Å². The van der Waals surface area contributed by atoms with Gasteiger partial charge in [0.25, 0.3) is 0 Å². The maximum atomic E-state index is 11.8. The number of rotatable bonds is 3. The van der Waals surface area contributed by atoms with Gasteiger partial charge in [0.2, 0.25) is 0 Å². The Labute approximate surface area is 125 Å². The van der Waals surface area contributed by atoms with E-state index in [-0.39, 0.29) is 5.69 Å². The summed E-state index contributed by atoms with van der Waals surface area (Å²) in [6, 6.07) is 5.87. The number of imidazole rings is 1. The van der Waals surface area contributed by atoms with Crippen LogP contribution in [-0.4, -0.2) is 22.1 Å². The van der Waals surface area contributed by atoms with Crippen molar-refractivity contribution in [2.24, 2.45) is 0 Å². The zero-order chi connectivity index (χ0) is 14.9. The van der Waals surface area contributed by atoms with E-state index in [1.165, 1.54) is 0 Å². The lowest BCUT2D eigenvalue weighted by molar-refractivity contribution is 0.0521. The molecule has 0 radical (unpaired) electrons. The average molecular weight is 338 g/mol. The van der Waals surface area contributed by atoms with E-state index in [4.69, 9.17) is 10.5 Å². The zero-order valence-electron chi connectivity index (χ0n) is 11.6. The number of nitrogens with two attached hydrogens (primary N) is 1. The fourth-order valence-corrected chi connectivity index (χ4v) is 2.38. The predicted molar refractivity (Wildman–Crippen MR) is 81.1 cm³/mol. The Morgan fingerprint density at radius 3 is 2.80 bits per heavy atom. The van der Waals surface area contributed by atoms with E-state index >= 15 is 0 Å². The van der Waals surface area contributed by atoms with Crippen molar-refractivity contribution >= 4 is 27.7 Å². The molecule has 0 amide bonds. The number of halogens is 1. The van der Waals surface area contributed by atoms with Crippen LogP contribution in [0.4, 0.5) is 5.82 Å². The van der Waals surface area contributed by atoms with Crippen LogP contribution in [0.3, 0.4) is 0 Å². The molecule has 1 aromatic heterocycles. The molecule has 0 unspecified atom stereocenters. The first-order chi connectivity index (χ1) is 9.45. The summed E-state index contributed by atoms with van der Waals surface area (Å²) < 4.78 is 7.65. The largest absolute Gasteiger partial charge is 0.461 e. The zero-order valence-corrected chi connectivity index (χ0v) is 13.2. The Morgan fingerprint density at radius 2 is 2.15 bits per heavy atom. The number of aromatic nitrogens is 2. The van der Waals surface area contributed by atoms with Crippen LogP contribution in [-0.2, 0) is 4.74 Å². The number of benzene rings is 1. The van der Waals surface area contributed by atoms with Gasteiger partial charge < -0.3 is 10.5 Å². The topological polar surface area (TPSA) is 70.1 Å². The second-order valence-electron chi connectivity index (χ2n) is 4.38. The number of anilines is 1. The summed E-state index contributed by atoms with van der Waals surface area (Å²) in [4.78, 5) is 16.1. The van der Waals surface area contributed by atoms with Gasteiger partial charge in [0, 0.05) is 4.47 Å². The van der Waals surface area contributed by atoms with Crippen molar-refractivity contribution in [2.75, 3.05) is 12.3 Å². The van der Waals surface area contributed by atoms with Gasteiger partial charge in [0.05, 0.1) is 12.3 Å². The van der Waals surface area contributed by atoms with E-state index in [1.54, 1.807) is 18.4 Å². The molecule has 2 rings (SSSR count). The molecule has 1 aromatic carbocycles. The third-order valence-electron chi connectivity index (χ3n) is 2.96. The van der Waals surface area contributed by atoms with E-state index in [0.717, 1.165) is 15.7 Å². The average Bonchev–Trinajstić information content (AvgIpc) is 2.68. The molecule has 0 saturated carbocycles. The minimum atomic E-state index is -0.500. The number of hydrogen-bond donors (Lipinski definition) is 1. The number of nitrogen functional groups attached to an aromatic ring is 1. The summed E-state index contributed by atoms with van der Waals surface area (Å²) in [7, 11) is 0. The van der Waals surface area contributed by atoms with Crippen LogP contribution in [0.25, 0.3) is 5.69 Å². The number of aryl methyl sites for hydroxylation is 2. The first kappa shape index (κ1) is 14.6. The summed E-state index contributed by atoms with van der Waals surface area (Å²) >= 11 is 3.44. The van der Waals surface area contributed by atoms with Gasteiger partial charge in [-0.3, -0.25) is 4.57 Å². The number of carbonyl (C=O) groups excluding carboxylic acids is 1. The molecule has 0 aliphatic rings. The Kier molecular flexibility index (Phi) is 4.13. The molecule has 0 spiro atoms. The maximum absolute atomic E-state index is 11.8. The minimum absolute atomic E-state index is 0.156. The third kappa shape index (κ3) is 2.56. The number of esters is 1. The lowest BCUT2D eigenvalue weighted by atomic mass is 10.2. The van der Waals surface area contributed by atoms with Gasteiger partial charge in [0.15, 0.2) is 5.69 Å². The molecule has 0 aliphatic carbocycles. The van der Waals surface area contributed by atoms with Crippen LogP contribution < -0.4 is 5.73 Å². The Morgan fingerprint density at radius 1 is 1.45 bits per heavy atom. The van der Waals surface area contributed by atoms with Gasteiger partial charge in [-0.15, -0.1) is 0 Å².